The van der Waals surface area contributed by atoms with Gasteiger partial charge in [0.15, 0.2) is 0 Å². The Morgan fingerprint density at radius 3 is 2.12 bits per heavy atom. The Kier molecular flexibility index (Phi) is 6.33. The number of nitrogens with zero attached hydrogens (tertiary/aromatic N) is 1. The van der Waals surface area contributed by atoms with E-state index in [1.807, 2.05) is 73.7 Å². The van der Waals surface area contributed by atoms with E-state index < -0.39 is 15.4 Å². The standard InChI is InChI=1S/C26H27N3O3S/c1-2-16-33(31,32)28-23-15-9-10-20(17-23)19-29-24(27)18-26(25(29)30,21-11-5-3-6-12-21)22-13-7-4-8-14-22/h3-15,17,27-28H,2,16,18-19H2,1H3. The molecule has 0 bridgehead atoms. The van der Waals surface area contributed by atoms with Crippen molar-refractivity contribution in [2.24, 2.45) is 0 Å². The van der Waals surface area contributed by atoms with Crippen molar-refractivity contribution in [2.45, 2.75) is 31.7 Å². The van der Waals surface area contributed by atoms with Crippen molar-refractivity contribution >= 4 is 27.5 Å². The van der Waals surface area contributed by atoms with Crippen LogP contribution < -0.4 is 4.72 Å². The molecule has 0 spiro atoms. The summed E-state index contributed by atoms with van der Waals surface area (Å²) in [6.07, 6.45) is 0.790. The van der Waals surface area contributed by atoms with E-state index in [0.29, 0.717) is 12.1 Å². The van der Waals surface area contributed by atoms with Crippen molar-refractivity contribution in [3.63, 3.8) is 0 Å². The van der Waals surface area contributed by atoms with Gasteiger partial charge in [-0.25, -0.2) is 8.42 Å². The molecule has 4 rings (SSSR count). The Balaban J connectivity index is 1.67. The number of hydrogen-bond acceptors (Lipinski definition) is 4. The maximum absolute atomic E-state index is 13.9. The monoisotopic (exact) mass is 461 g/mol. The summed E-state index contributed by atoms with van der Waals surface area (Å²) >= 11 is 0. The van der Waals surface area contributed by atoms with Crippen LogP contribution in [0.15, 0.2) is 84.9 Å². The Hall–Kier alpha value is -3.45. The van der Waals surface area contributed by atoms with Crippen molar-refractivity contribution in [1.29, 1.82) is 5.41 Å². The van der Waals surface area contributed by atoms with Crippen molar-refractivity contribution in [3.8, 4) is 0 Å². The van der Waals surface area contributed by atoms with Gasteiger partial charge in [-0.2, -0.15) is 0 Å². The third-order valence-corrected chi connectivity index (χ3v) is 7.41. The third-order valence-electron chi connectivity index (χ3n) is 5.92. The van der Waals surface area contributed by atoms with Crippen LogP contribution in [-0.2, 0) is 26.8 Å². The van der Waals surface area contributed by atoms with Crippen LogP contribution in [0, 0.1) is 5.41 Å². The van der Waals surface area contributed by atoms with E-state index in [1.54, 1.807) is 18.2 Å². The molecule has 0 aromatic heterocycles. The quantitative estimate of drug-likeness (QED) is 0.516. The number of anilines is 1. The highest BCUT2D eigenvalue weighted by Crippen LogP contribution is 2.43. The molecule has 1 aliphatic rings. The Bertz CT molecular complexity index is 1220. The number of carbonyl (C=O) groups is 1. The number of sulfonamides is 1. The molecule has 3 aromatic rings. The van der Waals surface area contributed by atoms with Gasteiger partial charge in [0.25, 0.3) is 0 Å². The van der Waals surface area contributed by atoms with Gasteiger partial charge in [0.1, 0.15) is 11.3 Å². The maximum Gasteiger partial charge on any atom is 0.243 e. The first-order valence-corrected chi connectivity index (χ1v) is 12.6. The SMILES string of the molecule is CCCS(=O)(=O)Nc1cccc(CN2C(=N)CC(c3ccccc3)(c3ccccc3)C2=O)c1. The van der Waals surface area contributed by atoms with E-state index >= 15 is 0 Å². The average molecular weight is 462 g/mol. The lowest BCUT2D eigenvalue weighted by Crippen LogP contribution is -2.39. The van der Waals surface area contributed by atoms with E-state index in [9.17, 15) is 13.2 Å². The fourth-order valence-corrected chi connectivity index (χ4v) is 5.55. The van der Waals surface area contributed by atoms with Gasteiger partial charge in [-0.05, 0) is 35.2 Å². The summed E-state index contributed by atoms with van der Waals surface area (Å²) in [6.45, 7) is 2.01. The summed E-state index contributed by atoms with van der Waals surface area (Å²) in [7, 11) is -3.41. The highest BCUT2D eigenvalue weighted by Gasteiger charge is 2.52. The zero-order valence-electron chi connectivity index (χ0n) is 18.5. The van der Waals surface area contributed by atoms with Crippen LogP contribution in [0.1, 0.15) is 36.5 Å². The van der Waals surface area contributed by atoms with Crippen LogP contribution in [0.25, 0.3) is 0 Å². The Morgan fingerprint density at radius 1 is 0.939 bits per heavy atom. The number of likely N-dealkylation sites (tertiary alicyclic amines) is 1. The number of hydrogen-bond donors (Lipinski definition) is 2. The highest BCUT2D eigenvalue weighted by atomic mass is 32.2. The topological polar surface area (TPSA) is 90.3 Å². The highest BCUT2D eigenvalue weighted by molar-refractivity contribution is 7.92. The second kappa shape index (κ2) is 9.19. The molecule has 3 aromatic carbocycles. The van der Waals surface area contributed by atoms with E-state index in [0.717, 1.165) is 16.7 Å². The van der Waals surface area contributed by atoms with Crippen LogP contribution in [0.3, 0.4) is 0 Å². The predicted octanol–water partition coefficient (Wildman–Crippen LogP) is 4.53. The molecule has 1 aliphatic heterocycles. The van der Waals surface area contributed by atoms with Crippen molar-refractivity contribution in [2.75, 3.05) is 10.5 Å². The van der Waals surface area contributed by atoms with Gasteiger partial charge in [-0.1, -0.05) is 79.7 Å². The normalized spacial score (nSPS) is 15.6. The second-order valence-corrected chi connectivity index (χ2v) is 10.1. The molecular formula is C26H27N3O3S. The maximum atomic E-state index is 13.9. The number of amidine groups is 1. The van der Waals surface area contributed by atoms with Crippen molar-refractivity contribution < 1.29 is 13.2 Å². The molecule has 0 saturated carbocycles. The largest absolute Gasteiger partial charge is 0.295 e. The van der Waals surface area contributed by atoms with Gasteiger partial charge in [-0.15, -0.1) is 0 Å². The van der Waals surface area contributed by atoms with Gasteiger partial charge >= 0.3 is 0 Å². The molecular weight excluding hydrogens is 434 g/mol. The molecule has 1 saturated heterocycles. The van der Waals surface area contributed by atoms with Crippen molar-refractivity contribution in [3.05, 3.63) is 102 Å². The summed E-state index contributed by atoms with van der Waals surface area (Å²) < 4.78 is 26.9. The fourth-order valence-electron chi connectivity index (χ4n) is 4.42. The van der Waals surface area contributed by atoms with E-state index in [-0.39, 0.29) is 30.5 Å². The third kappa shape index (κ3) is 4.54. The van der Waals surface area contributed by atoms with E-state index in [1.165, 1.54) is 4.90 Å². The summed E-state index contributed by atoms with van der Waals surface area (Å²) in [5.41, 5.74) is 1.96. The van der Waals surface area contributed by atoms with Crippen LogP contribution in [0.4, 0.5) is 5.69 Å². The molecule has 7 heteroatoms. The number of carbonyl (C=O) groups excluding carboxylic acids is 1. The number of benzene rings is 3. The van der Waals surface area contributed by atoms with Gasteiger partial charge in [0.05, 0.1) is 12.3 Å². The van der Waals surface area contributed by atoms with Gasteiger partial charge in [0.2, 0.25) is 15.9 Å². The average Bonchev–Trinajstić information content (AvgIpc) is 3.06. The second-order valence-electron chi connectivity index (χ2n) is 8.27. The minimum Gasteiger partial charge on any atom is -0.295 e. The Morgan fingerprint density at radius 2 is 1.55 bits per heavy atom. The number of rotatable bonds is 8. The molecule has 6 nitrogen and oxygen atoms in total. The summed E-state index contributed by atoms with van der Waals surface area (Å²) in [6, 6.07) is 26.2. The molecule has 1 fully saturated rings. The predicted molar refractivity (Wildman–Crippen MR) is 131 cm³/mol. The first-order chi connectivity index (χ1) is 15.9. The first-order valence-electron chi connectivity index (χ1n) is 11.0. The molecule has 1 amide bonds. The van der Waals surface area contributed by atoms with Crippen LogP contribution in [0.2, 0.25) is 0 Å². The number of nitrogens with one attached hydrogen (secondary N) is 2. The van der Waals surface area contributed by atoms with E-state index in [4.69, 9.17) is 5.41 Å². The van der Waals surface area contributed by atoms with E-state index in [2.05, 4.69) is 4.72 Å². The van der Waals surface area contributed by atoms with Gasteiger partial charge in [0, 0.05) is 12.1 Å². The molecule has 0 radical (unpaired) electrons. The first kappa shape index (κ1) is 22.7. The van der Waals surface area contributed by atoms with Crippen LogP contribution >= 0.6 is 0 Å². The molecule has 33 heavy (non-hydrogen) atoms. The molecule has 0 atom stereocenters. The fraction of sp³-hybridized carbons (Fsp3) is 0.231. The summed E-state index contributed by atoms with van der Waals surface area (Å²) in [5, 5.41) is 8.69. The zero-order chi connectivity index (χ0) is 23.5. The Labute approximate surface area is 194 Å². The van der Waals surface area contributed by atoms with Gasteiger partial charge in [-0.3, -0.25) is 19.8 Å². The van der Waals surface area contributed by atoms with Gasteiger partial charge < -0.3 is 0 Å². The minimum absolute atomic E-state index is 0.0448. The lowest BCUT2D eigenvalue weighted by Gasteiger charge is -2.28. The summed E-state index contributed by atoms with van der Waals surface area (Å²) in [4.78, 5) is 15.4. The minimum atomic E-state index is -3.41. The zero-order valence-corrected chi connectivity index (χ0v) is 19.3. The molecule has 0 aliphatic carbocycles. The van der Waals surface area contributed by atoms with Crippen LogP contribution in [-0.4, -0.2) is 30.8 Å². The molecule has 2 N–H and O–H groups in total. The van der Waals surface area contributed by atoms with Crippen molar-refractivity contribution in [1.82, 2.24) is 4.90 Å². The molecule has 170 valence electrons. The summed E-state index contributed by atoms with van der Waals surface area (Å²) in [5.74, 6) is 0.134. The molecule has 1 heterocycles. The lowest BCUT2D eigenvalue weighted by molar-refractivity contribution is -0.130. The molecule has 0 unspecified atom stereocenters. The number of amides is 1. The van der Waals surface area contributed by atoms with Crippen LogP contribution in [0.5, 0.6) is 0 Å². The lowest BCUT2D eigenvalue weighted by atomic mass is 9.73. The smallest absolute Gasteiger partial charge is 0.243 e.